The molecule has 0 aliphatic carbocycles. The molecule has 0 radical (unpaired) electrons. The molecule has 0 fully saturated rings. The minimum Gasteiger partial charge on any atom is -0.489 e. The van der Waals surface area contributed by atoms with Crippen molar-refractivity contribution in [3.05, 3.63) is 77.6 Å². The van der Waals surface area contributed by atoms with Crippen molar-refractivity contribution in [2.75, 3.05) is 0 Å². The van der Waals surface area contributed by atoms with Crippen molar-refractivity contribution < 1.29 is 4.74 Å². The summed E-state index contributed by atoms with van der Waals surface area (Å²) < 4.78 is 5.84. The first-order valence-corrected chi connectivity index (χ1v) is 7.96. The van der Waals surface area contributed by atoms with Crippen LogP contribution in [-0.4, -0.2) is 15.4 Å². The Bertz CT molecular complexity index is 693. The van der Waals surface area contributed by atoms with Crippen LogP contribution in [0, 0.1) is 0 Å². The van der Waals surface area contributed by atoms with Gasteiger partial charge in [-0.1, -0.05) is 49.4 Å². The molecule has 0 amide bonds. The van der Waals surface area contributed by atoms with E-state index in [0.29, 0.717) is 12.5 Å². The van der Waals surface area contributed by atoms with Crippen LogP contribution in [0.1, 0.15) is 36.1 Å². The summed E-state index contributed by atoms with van der Waals surface area (Å²) in [6.07, 6.45) is 3.76. The molecule has 0 spiro atoms. The zero-order valence-corrected chi connectivity index (χ0v) is 13.3. The van der Waals surface area contributed by atoms with E-state index in [4.69, 9.17) is 4.74 Å². The second-order valence-corrected chi connectivity index (χ2v) is 5.61. The minimum absolute atomic E-state index is 0.447. The van der Waals surface area contributed by atoms with E-state index in [1.54, 1.807) is 6.20 Å². The molecule has 1 aromatic heterocycles. The summed E-state index contributed by atoms with van der Waals surface area (Å²) in [5, 5.41) is 10.7. The zero-order valence-electron chi connectivity index (χ0n) is 13.3. The van der Waals surface area contributed by atoms with Gasteiger partial charge in [-0.15, -0.1) is 0 Å². The van der Waals surface area contributed by atoms with Crippen LogP contribution in [0.5, 0.6) is 5.75 Å². The number of nitrogens with zero attached hydrogens (tertiary/aromatic N) is 2. The second kappa shape index (κ2) is 7.58. The highest BCUT2D eigenvalue weighted by Crippen LogP contribution is 2.25. The number of H-pyrrole nitrogens is 1. The van der Waals surface area contributed by atoms with Gasteiger partial charge >= 0.3 is 0 Å². The van der Waals surface area contributed by atoms with Crippen LogP contribution in [0.4, 0.5) is 0 Å². The maximum Gasteiger partial charge on any atom is 0.119 e. The third-order valence-corrected chi connectivity index (χ3v) is 4.01. The Morgan fingerprint density at radius 2 is 1.83 bits per heavy atom. The van der Waals surface area contributed by atoms with Gasteiger partial charge in [-0.25, -0.2) is 0 Å². The lowest BCUT2D eigenvalue weighted by Gasteiger charge is -2.14. The van der Waals surface area contributed by atoms with E-state index in [9.17, 15) is 0 Å². The van der Waals surface area contributed by atoms with Crippen LogP contribution in [0.25, 0.3) is 0 Å². The standard InChI is InChI=1S/C19H21N3O/c1-2-16(12-18-13-20-22-21-18)17-8-10-19(11-9-17)23-14-15-6-4-3-5-7-15/h3-11,13,16H,2,12,14H2,1H3,(H,20,21,22). The van der Waals surface area contributed by atoms with Crippen molar-refractivity contribution in [1.29, 1.82) is 0 Å². The average Bonchev–Trinajstić information content (AvgIpc) is 3.12. The molecule has 23 heavy (non-hydrogen) atoms. The maximum absolute atomic E-state index is 5.84. The SMILES string of the molecule is CCC(Cc1cn[nH]n1)c1ccc(OCc2ccccc2)cc1. The molecule has 4 nitrogen and oxygen atoms in total. The molecule has 1 N–H and O–H groups in total. The van der Waals surface area contributed by atoms with Gasteiger partial charge in [0.15, 0.2) is 0 Å². The molecule has 0 saturated carbocycles. The van der Waals surface area contributed by atoms with Gasteiger partial charge in [0.2, 0.25) is 0 Å². The highest BCUT2D eigenvalue weighted by molar-refractivity contribution is 5.30. The molecule has 0 aliphatic rings. The Morgan fingerprint density at radius 3 is 2.48 bits per heavy atom. The molecule has 0 saturated heterocycles. The molecule has 118 valence electrons. The van der Waals surface area contributed by atoms with Crippen LogP contribution in [-0.2, 0) is 13.0 Å². The lowest BCUT2D eigenvalue weighted by atomic mass is 9.92. The number of aromatic amines is 1. The number of nitrogens with one attached hydrogen (secondary N) is 1. The number of aromatic nitrogens is 3. The molecule has 0 bridgehead atoms. The van der Waals surface area contributed by atoms with Crippen molar-refractivity contribution in [3.8, 4) is 5.75 Å². The zero-order chi connectivity index (χ0) is 15.9. The van der Waals surface area contributed by atoms with Crippen LogP contribution < -0.4 is 4.74 Å². The van der Waals surface area contributed by atoms with Gasteiger partial charge in [0.05, 0.1) is 11.9 Å². The number of hydrogen-bond acceptors (Lipinski definition) is 3. The van der Waals surface area contributed by atoms with Gasteiger partial charge < -0.3 is 4.74 Å². The Balaban J connectivity index is 1.61. The van der Waals surface area contributed by atoms with E-state index in [-0.39, 0.29) is 0 Å². The van der Waals surface area contributed by atoms with Crippen molar-refractivity contribution in [2.24, 2.45) is 0 Å². The number of benzene rings is 2. The third kappa shape index (κ3) is 4.19. The van der Waals surface area contributed by atoms with E-state index < -0.39 is 0 Å². The van der Waals surface area contributed by atoms with Gasteiger partial charge in [-0.05, 0) is 42.0 Å². The lowest BCUT2D eigenvalue weighted by molar-refractivity contribution is 0.306. The van der Waals surface area contributed by atoms with Gasteiger partial charge in [0.1, 0.15) is 12.4 Å². The molecular weight excluding hydrogens is 286 g/mol. The summed E-state index contributed by atoms with van der Waals surface area (Å²) in [4.78, 5) is 0. The fourth-order valence-corrected chi connectivity index (χ4v) is 2.65. The maximum atomic E-state index is 5.84. The van der Waals surface area contributed by atoms with Crippen molar-refractivity contribution in [3.63, 3.8) is 0 Å². The van der Waals surface area contributed by atoms with Crippen LogP contribution in [0.2, 0.25) is 0 Å². The number of hydrogen-bond donors (Lipinski definition) is 1. The summed E-state index contributed by atoms with van der Waals surface area (Å²) in [6.45, 7) is 2.79. The van der Waals surface area contributed by atoms with Crippen LogP contribution in [0.15, 0.2) is 60.8 Å². The first-order valence-electron chi connectivity index (χ1n) is 7.96. The summed E-state index contributed by atoms with van der Waals surface area (Å²) in [6, 6.07) is 18.6. The molecule has 1 heterocycles. The summed E-state index contributed by atoms with van der Waals surface area (Å²) in [5.74, 6) is 1.34. The van der Waals surface area contributed by atoms with Gasteiger partial charge in [-0.3, -0.25) is 0 Å². The minimum atomic E-state index is 0.447. The van der Waals surface area contributed by atoms with E-state index in [1.165, 1.54) is 11.1 Å². The third-order valence-electron chi connectivity index (χ3n) is 4.01. The normalized spacial score (nSPS) is 12.0. The highest BCUT2D eigenvalue weighted by Gasteiger charge is 2.12. The molecule has 1 unspecified atom stereocenters. The number of ether oxygens (including phenoxy) is 1. The largest absolute Gasteiger partial charge is 0.489 e. The topological polar surface area (TPSA) is 50.8 Å². The van der Waals surface area contributed by atoms with Crippen LogP contribution in [0.3, 0.4) is 0 Å². The molecule has 3 rings (SSSR count). The van der Waals surface area contributed by atoms with Gasteiger partial charge in [0, 0.05) is 0 Å². The first-order chi connectivity index (χ1) is 11.3. The Labute approximate surface area is 136 Å². The summed E-state index contributed by atoms with van der Waals surface area (Å²) in [5.41, 5.74) is 3.48. The Morgan fingerprint density at radius 1 is 1.04 bits per heavy atom. The average molecular weight is 307 g/mol. The van der Waals surface area contributed by atoms with Crippen LogP contribution >= 0.6 is 0 Å². The highest BCUT2D eigenvalue weighted by atomic mass is 16.5. The fourth-order valence-electron chi connectivity index (χ4n) is 2.65. The molecule has 2 aromatic carbocycles. The Kier molecular flexibility index (Phi) is 5.04. The van der Waals surface area contributed by atoms with Crippen molar-refractivity contribution in [2.45, 2.75) is 32.3 Å². The Hall–Kier alpha value is -2.62. The summed E-state index contributed by atoms with van der Waals surface area (Å²) >= 11 is 0. The van der Waals surface area contributed by atoms with E-state index in [0.717, 1.165) is 24.3 Å². The van der Waals surface area contributed by atoms with Gasteiger partial charge in [-0.2, -0.15) is 15.4 Å². The smallest absolute Gasteiger partial charge is 0.119 e. The molecule has 4 heteroatoms. The lowest BCUT2D eigenvalue weighted by Crippen LogP contribution is -2.02. The molecule has 0 aliphatic heterocycles. The predicted molar refractivity (Wildman–Crippen MR) is 90.3 cm³/mol. The molecular formula is C19H21N3O. The van der Waals surface area contributed by atoms with E-state index in [2.05, 4.69) is 46.6 Å². The van der Waals surface area contributed by atoms with Crippen molar-refractivity contribution in [1.82, 2.24) is 15.4 Å². The van der Waals surface area contributed by atoms with Gasteiger partial charge in [0.25, 0.3) is 0 Å². The van der Waals surface area contributed by atoms with Crippen molar-refractivity contribution >= 4 is 0 Å². The fraction of sp³-hybridized carbons (Fsp3) is 0.263. The predicted octanol–water partition coefficient (Wildman–Crippen LogP) is 4.12. The van der Waals surface area contributed by atoms with E-state index >= 15 is 0 Å². The number of rotatable bonds is 7. The molecule has 1 atom stereocenters. The second-order valence-electron chi connectivity index (χ2n) is 5.61. The van der Waals surface area contributed by atoms with E-state index in [1.807, 2.05) is 30.3 Å². The quantitative estimate of drug-likeness (QED) is 0.714. The molecule has 3 aromatic rings. The first kappa shape index (κ1) is 15.3. The summed E-state index contributed by atoms with van der Waals surface area (Å²) in [7, 11) is 0. The monoisotopic (exact) mass is 307 g/mol.